The van der Waals surface area contributed by atoms with E-state index in [1.807, 2.05) is 12.1 Å². The van der Waals surface area contributed by atoms with Gasteiger partial charge in [-0.3, -0.25) is 4.98 Å². The van der Waals surface area contributed by atoms with Gasteiger partial charge in [-0.05, 0) is 31.6 Å². The zero-order chi connectivity index (χ0) is 11.1. The molecule has 3 nitrogen and oxygen atoms in total. The van der Waals surface area contributed by atoms with Crippen LogP contribution in [0.1, 0.15) is 26.0 Å². The third-order valence-corrected chi connectivity index (χ3v) is 2.52. The summed E-state index contributed by atoms with van der Waals surface area (Å²) in [6.07, 6.45) is 3.95. The second kappa shape index (κ2) is 6.40. The van der Waals surface area contributed by atoms with Crippen molar-refractivity contribution in [3.63, 3.8) is 0 Å². The average Bonchev–Trinajstić information content (AvgIpc) is 2.26. The number of nitrogen functional groups attached to an aromatic ring is 1. The molecule has 0 aliphatic rings. The molecule has 0 aliphatic carbocycles. The summed E-state index contributed by atoms with van der Waals surface area (Å²) in [6.45, 7) is 7.78. The van der Waals surface area contributed by atoms with E-state index >= 15 is 0 Å². The largest absolute Gasteiger partial charge is 0.397 e. The van der Waals surface area contributed by atoms with Crippen LogP contribution in [0.25, 0.3) is 0 Å². The monoisotopic (exact) mass is 207 g/mol. The van der Waals surface area contributed by atoms with E-state index in [2.05, 4.69) is 23.7 Å². The number of hydrogen-bond acceptors (Lipinski definition) is 3. The molecule has 0 fully saturated rings. The van der Waals surface area contributed by atoms with E-state index in [0.717, 1.165) is 30.9 Å². The van der Waals surface area contributed by atoms with Gasteiger partial charge in [0.1, 0.15) is 0 Å². The van der Waals surface area contributed by atoms with E-state index in [4.69, 9.17) is 5.73 Å². The molecule has 1 rings (SSSR count). The molecule has 0 atom stereocenters. The van der Waals surface area contributed by atoms with Gasteiger partial charge in [0.25, 0.3) is 0 Å². The van der Waals surface area contributed by atoms with Crippen molar-refractivity contribution in [2.45, 2.75) is 26.7 Å². The SMILES string of the molecule is CCCN(CC)CCc1ccc(N)cn1. The van der Waals surface area contributed by atoms with Crippen LogP contribution in [0.4, 0.5) is 5.69 Å². The van der Waals surface area contributed by atoms with Gasteiger partial charge in [0.15, 0.2) is 0 Å². The second-order valence-electron chi connectivity index (χ2n) is 3.77. The fourth-order valence-electron chi connectivity index (χ4n) is 1.60. The molecule has 1 aromatic heterocycles. The van der Waals surface area contributed by atoms with E-state index in [1.54, 1.807) is 6.20 Å². The summed E-state index contributed by atoms with van der Waals surface area (Å²) in [5.41, 5.74) is 7.44. The van der Waals surface area contributed by atoms with Gasteiger partial charge < -0.3 is 10.6 Å². The van der Waals surface area contributed by atoms with Crippen LogP contribution in [0.3, 0.4) is 0 Å². The van der Waals surface area contributed by atoms with Crippen molar-refractivity contribution in [1.82, 2.24) is 9.88 Å². The minimum Gasteiger partial charge on any atom is -0.397 e. The second-order valence-corrected chi connectivity index (χ2v) is 3.77. The van der Waals surface area contributed by atoms with Crippen molar-refractivity contribution in [3.8, 4) is 0 Å². The molecule has 1 heterocycles. The van der Waals surface area contributed by atoms with Crippen molar-refractivity contribution < 1.29 is 0 Å². The highest BCUT2D eigenvalue weighted by Crippen LogP contribution is 2.03. The highest BCUT2D eigenvalue weighted by Gasteiger charge is 2.01. The zero-order valence-electron chi connectivity index (χ0n) is 9.74. The highest BCUT2D eigenvalue weighted by molar-refractivity contribution is 5.34. The lowest BCUT2D eigenvalue weighted by Gasteiger charge is -2.18. The zero-order valence-corrected chi connectivity index (χ0v) is 9.74. The number of rotatable bonds is 6. The Morgan fingerprint density at radius 3 is 2.60 bits per heavy atom. The maximum absolute atomic E-state index is 5.58. The molecule has 1 aromatic rings. The molecule has 3 heteroatoms. The fraction of sp³-hybridized carbons (Fsp3) is 0.583. The van der Waals surface area contributed by atoms with E-state index in [1.165, 1.54) is 13.0 Å². The van der Waals surface area contributed by atoms with Gasteiger partial charge in [-0.15, -0.1) is 0 Å². The minimum atomic E-state index is 0.736. The predicted molar refractivity (Wildman–Crippen MR) is 64.8 cm³/mol. The standard InChI is InChI=1S/C12H21N3/c1-3-8-15(4-2)9-7-12-6-5-11(13)10-14-12/h5-6,10H,3-4,7-9,13H2,1-2H3. The Morgan fingerprint density at radius 1 is 1.27 bits per heavy atom. The van der Waals surface area contributed by atoms with Gasteiger partial charge in [0, 0.05) is 18.7 Å². The Bertz CT molecular complexity index is 269. The number of likely N-dealkylation sites (N-methyl/N-ethyl adjacent to an activating group) is 1. The Kier molecular flexibility index (Phi) is 5.12. The van der Waals surface area contributed by atoms with Crippen LogP contribution in [0, 0.1) is 0 Å². The summed E-state index contributed by atoms with van der Waals surface area (Å²) in [6, 6.07) is 3.92. The lowest BCUT2D eigenvalue weighted by molar-refractivity contribution is 0.291. The molecular formula is C12H21N3. The predicted octanol–water partition coefficient (Wildman–Crippen LogP) is 1.94. The van der Waals surface area contributed by atoms with Crippen LogP contribution in [0.2, 0.25) is 0 Å². The first-order valence-electron chi connectivity index (χ1n) is 5.69. The van der Waals surface area contributed by atoms with E-state index in [0.29, 0.717) is 0 Å². The summed E-state index contributed by atoms with van der Waals surface area (Å²) in [4.78, 5) is 6.74. The van der Waals surface area contributed by atoms with Crippen LogP contribution >= 0.6 is 0 Å². The molecular weight excluding hydrogens is 186 g/mol. The summed E-state index contributed by atoms with van der Waals surface area (Å²) in [5, 5.41) is 0. The molecule has 0 spiro atoms. The molecule has 84 valence electrons. The first-order chi connectivity index (χ1) is 7.26. The first kappa shape index (κ1) is 12.0. The van der Waals surface area contributed by atoms with E-state index in [-0.39, 0.29) is 0 Å². The number of nitrogens with two attached hydrogens (primary N) is 1. The molecule has 0 amide bonds. The summed E-state index contributed by atoms with van der Waals surface area (Å²) in [7, 11) is 0. The molecule has 2 N–H and O–H groups in total. The van der Waals surface area contributed by atoms with E-state index in [9.17, 15) is 0 Å². The molecule has 0 saturated carbocycles. The van der Waals surface area contributed by atoms with Crippen LogP contribution in [0.15, 0.2) is 18.3 Å². The summed E-state index contributed by atoms with van der Waals surface area (Å²) in [5.74, 6) is 0. The third kappa shape index (κ3) is 4.30. The normalized spacial score (nSPS) is 10.9. The average molecular weight is 207 g/mol. The number of hydrogen-bond donors (Lipinski definition) is 1. The lowest BCUT2D eigenvalue weighted by Crippen LogP contribution is -2.26. The molecule has 0 bridgehead atoms. The van der Waals surface area contributed by atoms with Crippen LogP contribution in [0.5, 0.6) is 0 Å². The highest BCUT2D eigenvalue weighted by atomic mass is 15.1. The first-order valence-corrected chi connectivity index (χ1v) is 5.69. The van der Waals surface area contributed by atoms with Crippen molar-refractivity contribution in [2.75, 3.05) is 25.4 Å². The Balaban J connectivity index is 2.38. The quantitative estimate of drug-likeness (QED) is 0.775. The Morgan fingerprint density at radius 2 is 2.07 bits per heavy atom. The van der Waals surface area contributed by atoms with Gasteiger partial charge in [-0.25, -0.2) is 0 Å². The fourth-order valence-corrected chi connectivity index (χ4v) is 1.60. The summed E-state index contributed by atoms with van der Waals surface area (Å²) < 4.78 is 0. The molecule has 0 aliphatic heterocycles. The van der Waals surface area contributed by atoms with Gasteiger partial charge in [0.05, 0.1) is 11.9 Å². The maximum Gasteiger partial charge on any atom is 0.0501 e. The van der Waals surface area contributed by atoms with E-state index < -0.39 is 0 Å². The van der Waals surface area contributed by atoms with Gasteiger partial charge in [0.2, 0.25) is 0 Å². The maximum atomic E-state index is 5.58. The van der Waals surface area contributed by atoms with Crippen LogP contribution in [-0.2, 0) is 6.42 Å². The lowest BCUT2D eigenvalue weighted by atomic mass is 10.2. The molecule has 0 saturated heterocycles. The number of pyridine rings is 1. The number of aromatic nitrogens is 1. The molecule has 15 heavy (non-hydrogen) atoms. The van der Waals surface area contributed by atoms with Crippen molar-refractivity contribution >= 4 is 5.69 Å². The van der Waals surface area contributed by atoms with Gasteiger partial charge in [-0.1, -0.05) is 13.8 Å². The Hall–Kier alpha value is -1.09. The molecule has 0 aromatic carbocycles. The van der Waals surface area contributed by atoms with Crippen LogP contribution < -0.4 is 5.73 Å². The number of nitrogens with zero attached hydrogens (tertiary/aromatic N) is 2. The smallest absolute Gasteiger partial charge is 0.0501 e. The van der Waals surface area contributed by atoms with Gasteiger partial charge in [-0.2, -0.15) is 0 Å². The summed E-state index contributed by atoms with van der Waals surface area (Å²) >= 11 is 0. The van der Waals surface area contributed by atoms with Crippen molar-refractivity contribution in [2.24, 2.45) is 0 Å². The Labute approximate surface area is 92.3 Å². The van der Waals surface area contributed by atoms with Crippen molar-refractivity contribution in [1.29, 1.82) is 0 Å². The third-order valence-electron chi connectivity index (χ3n) is 2.52. The van der Waals surface area contributed by atoms with Crippen molar-refractivity contribution in [3.05, 3.63) is 24.0 Å². The topological polar surface area (TPSA) is 42.1 Å². The molecule has 0 unspecified atom stereocenters. The van der Waals surface area contributed by atoms with Gasteiger partial charge >= 0.3 is 0 Å². The minimum absolute atomic E-state index is 0.736. The van der Waals surface area contributed by atoms with Crippen LogP contribution in [-0.4, -0.2) is 29.5 Å². The molecule has 0 radical (unpaired) electrons. The number of anilines is 1.